The summed E-state index contributed by atoms with van der Waals surface area (Å²) in [5, 5.41) is 25.2. The van der Waals surface area contributed by atoms with Crippen LogP contribution in [-0.2, 0) is 11.8 Å². The zero-order valence-electron chi connectivity index (χ0n) is 20.3. The van der Waals surface area contributed by atoms with Gasteiger partial charge in [-0.25, -0.2) is 4.99 Å². The van der Waals surface area contributed by atoms with Crippen molar-refractivity contribution in [1.29, 1.82) is 0 Å². The molecule has 7 rings (SSSR count). The number of likely N-dealkylation sites (tertiary alicyclic amines) is 1. The van der Waals surface area contributed by atoms with Crippen molar-refractivity contribution in [3.8, 4) is 11.5 Å². The van der Waals surface area contributed by atoms with E-state index in [4.69, 9.17) is 9.73 Å². The van der Waals surface area contributed by atoms with Gasteiger partial charge >= 0.3 is 0 Å². The summed E-state index contributed by atoms with van der Waals surface area (Å²) in [6, 6.07) is 20.4. The molecule has 3 aromatic rings. The number of aliphatic imine (C=N–C) groups is 1. The Labute approximate surface area is 210 Å². The fraction of sp³-hybridized carbons (Fsp3) is 0.300. The first-order valence-corrected chi connectivity index (χ1v) is 12.6. The maximum absolute atomic E-state index is 11.0. The van der Waals surface area contributed by atoms with Crippen molar-refractivity contribution >= 4 is 17.3 Å². The maximum Gasteiger partial charge on any atom is 0.204 e. The van der Waals surface area contributed by atoms with Crippen molar-refractivity contribution in [2.24, 2.45) is 10.9 Å². The Balaban J connectivity index is 1.37. The highest BCUT2D eigenvalue weighted by Gasteiger charge is 2.68. The largest absolute Gasteiger partial charge is 0.504 e. The number of nitrogens with one attached hydrogen (secondary N) is 1. The van der Waals surface area contributed by atoms with E-state index in [1.807, 2.05) is 24.3 Å². The van der Waals surface area contributed by atoms with Gasteiger partial charge in [-0.3, -0.25) is 0 Å². The lowest BCUT2D eigenvalue weighted by atomic mass is 9.59. The quantitative estimate of drug-likeness (QED) is 0.285. The van der Waals surface area contributed by atoms with Gasteiger partial charge in [0.2, 0.25) is 5.96 Å². The number of ether oxygens (including phenoxy) is 1. The molecule has 1 saturated heterocycles. The summed E-state index contributed by atoms with van der Waals surface area (Å²) >= 11 is 0. The molecule has 4 aliphatic rings. The fourth-order valence-electron chi connectivity index (χ4n) is 6.73. The number of anilines is 1. The minimum atomic E-state index is -0.734. The molecule has 0 saturated carbocycles. The van der Waals surface area contributed by atoms with Gasteiger partial charge in [-0.1, -0.05) is 53.6 Å². The number of aliphatic hydroxyl groups is 1. The summed E-state index contributed by atoms with van der Waals surface area (Å²) in [5.41, 5.74) is 6.05. The van der Waals surface area contributed by atoms with E-state index in [-0.39, 0.29) is 17.7 Å². The summed E-state index contributed by atoms with van der Waals surface area (Å²) in [5.74, 6) is 1.61. The molecule has 6 nitrogen and oxygen atoms in total. The molecule has 6 heteroatoms. The Kier molecular flexibility index (Phi) is 4.55. The molecule has 182 valence electrons. The van der Waals surface area contributed by atoms with Gasteiger partial charge in [0.1, 0.15) is 12.2 Å². The number of nitrogens with zero attached hydrogens (tertiary/aromatic N) is 2. The minimum Gasteiger partial charge on any atom is -0.504 e. The zero-order chi connectivity index (χ0) is 24.6. The van der Waals surface area contributed by atoms with Crippen molar-refractivity contribution in [2.75, 3.05) is 11.9 Å². The molecule has 0 aromatic heterocycles. The van der Waals surface area contributed by atoms with Crippen LogP contribution in [0.15, 0.2) is 77.8 Å². The van der Waals surface area contributed by atoms with Crippen LogP contribution < -0.4 is 10.1 Å². The monoisotopic (exact) mass is 479 g/mol. The lowest BCUT2D eigenvalue weighted by Crippen LogP contribution is -2.54. The first kappa shape index (κ1) is 21.5. The SMILES string of the molecule is Cc1ccc(N=C(Nc2ccc(C)cc2)N2CC34c5c6ccc(O)c5O[C@H]3[C@@H](O)C=CC4[C@H]2C6)cc1. The molecule has 2 heterocycles. The fourth-order valence-corrected chi connectivity index (χ4v) is 6.73. The number of aliphatic hydroxyl groups excluding tert-OH is 1. The summed E-state index contributed by atoms with van der Waals surface area (Å²) in [4.78, 5) is 7.47. The molecule has 2 aliphatic carbocycles. The maximum atomic E-state index is 11.0. The van der Waals surface area contributed by atoms with E-state index in [0.29, 0.717) is 12.3 Å². The van der Waals surface area contributed by atoms with Crippen LogP contribution >= 0.6 is 0 Å². The zero-order valence-corrected chi connectivity index (χ0v) is 20.3. The van der Waals surface area contributed by atoms with Crippen LogP contribution in [0.25, 0.3) is 0 Å². The molecular weight excluding hydrogens is 450 g/mol. The Morgan fingerprint density at radius 3 is 2.47 bits per heavy atom. The number of benzene rings is 3. The molecular formula is C30H29N3O3. The van der Waals surface area contributed by atoms with Crippen molar-refractivity contribution in [1.82, 2.24) is 4.90 Å². The molecule has 0 amide bonds. The molecule has 36 heavy (non-hydrogen) atoms. The Hall–Kier alpha value is -3.77. The van der Waals surface area contributed by atoms with E-state index in [1.165, 1.54) is 16.7 Å². The van der Waals surface area contributed by atoms with Crippen molar-refractivity contribution in [3.63, 3.8) is 0 Å². The molecule has 5 atom stereocenters. The van der Waals surface area contributed by atoms with Gasteiger partial charge in [-0.05, 0) is 56.2 Å². The van der Waals surface area contributed by atoms with E-state index in [0.717, 1.165) is 29.3 Å². The smallest absolute Gasteiger partial charge is 0.204 e. The van der Waals surface area contributed by atoms with Crippen molar-refractivity contribution < 1.29 is 14.9 Å². The normalized spacial score (nSPS) is 29.2. The van der Waals surface area contributed by atoms with Gasteiger partial charge in [0.15, 0.2) is 11.5 Å². The van der Waals surface area contributed by atoms with Crippen LogP contribution in [0.3, 0.4) is 0 Å². The number of hydrogen-bond donors (Lipinski definition) is 3. The van der Waals surface area contributed by atoms with Crippen LogP contribution in [-0.4, -0.2) is 45.9 Å². The number of phenols is 1. The van der Waals surface area contributed by atoms with Crippen molar-refractivity contribution in [2.45, 2.75) is 43.9 Å². The highest BCUT2D eigenvalue weighted by molar-refractivity contribution is 5.96. The molecule has 3 N–H and O–H groups in total. The van der Waals surface area contributed by atoms with Crippen LogP contribution in [0.4, 0.5) is 11.4 Å². The summed E-state index contributed by atoms with van der Waals surface area (Å²) in [6.07, 6.45) is 3.66. The van der Waals surface area contributed by atoms with E-state index >= 15 is 0 Å². The van der Waals surface area contributed by atoms with E-state index in [1.54, 1.807) is 6.07 Å². The topological polar surface area (TPSA) is 77.3 Å². The van der Waals surface area contributed by atoms with Gasteiger partial charge in [0.25, 0.3) is 0 Å². The second kappa shape index (κ2) is 7.61. The Morgan fingerprint density at radius 2 is 1.72 bits per heavy atom. The van der Waals surface area contributed by atoms with Crippen molar-refractivity contribution in [3.05, 3.63) is 95.1 Å². The third kappa shape index (κ3) is 2.97. The lowest BCUT2D eigenvalue weighted by Gasteiger charge is -2.42. The lowest BCUT2D eigenvalue weighted by molar-refractivity contribution is 0.0162. The molecule has 2 unspecified atom stereocenters. The predicted octanol–water partition coefficient (Wildman–Crippen LogP) is 4.59. The molecule has 2 bridgehead atoms. The summed E-state index contributed by atoms with van der Waals surface area (Å²) in [6.45, 7) is 4.79. The predicted molar refractivity (Wildman–Crippen MR) is 140 cm³/mol. The number of aryl methyl sites for hydroxylation is 2. The van der Waals surface area contributed by atoms with E-state index in [2.05, 4.69) is 66.5 Å². The van der Waals surface area contributed by atoms with Crippen LogP contribution in [0, 0.1) is 19.8 Å². The number of hydrogen-bond acceptors (Lipinski definition) is 4. The van der Waals surface area contributed by atoms with E-state index in [9.17, 15) is 10.2 Å². The van der Waals surface area contributed by atoms with Gasteiger partial charge in [-0.2, -0.15) is 0 Å². The Bertz CT molecular complexity index is 1410. The van der Waals surface area contributed by atoms with E-state index < -0.39 is 17.6 Å². The second-order valence-corrected chi connectivity index (χ2v) is 10.6. The number of aromatic hydroxyl groups is 1. The van der Waals surface area contributed by atoms with Gasteiger partial charge < -0.3 is 25.2 Å². The number of rotatable bonds is 2. The Morgan fingerprint density at radius 1 is 1.00 bits per heavy atom. The molecule has 1 spiro atoms. The summed E-state index contributed by atoms with van der Waals surface area (Å²) < 4.78 is 6.32. The number of phenolic OH excluding ortho intramolecular Hbond substituents is 1. The van der Waals surface area contributed by atoms with Crippen LogP contribution in [0.1, 0.15) is 22.3 Å². The van der Waals surface area contributed by atoms with Crippen LogP contribution in [0.2, 0.25) is 0 Å². The standard InChI is InChI=1S/C30H29N3O3/c1-17-3-8-20(9-4-17)31-29(32-21-10-5-18(2)6-11-21)33-16-30-22-12-14-25(35)28(30)36-27-24(34)13-7-19(26(27)30)15-23(22)33/h3-14,22-23,25,28,34-35H,15-16H2,1-2H3,(H,31,32)/t22?,23-,25+,28+,30?/m1/s1. The molecule has 2 aliphatic heterocycles. The third-order valence-electron chi connectivity index (χ3n) is 8.39. The molecule has 0 radical (unpaired) electrons. The number of guanidine groups is 1. The van der Waals surface area contributed by atoms with Gasteiger partial charge in [0, 0.05) is 29.8 Å². The average Bonchev–Trinajstić information content (AvgIpc) is 3.35. The highest BCUT2D eigenvalue weighted by atomic mass is 16.5. The van der Waals surface area contributed by atoms with Crippen LogP contribution in [0.5, 0.6) is 11.5 Å². The molecule has 1 fully saturated rings. The van der Waals surface area contributed by atoms with Gasteiger partial charge in [0.05, 0.1) is 11.1 Å². The van der Waals surface area contributed by atoms with Gasteiger partial charge in [-0.15, -0.1) is 0 Å². The second-order valence-electron chi connectivity index (χ2n) is 10.6. The first-order valence-electron chi connectivity index (χ1n) is 12.6. The molecule has 3 aromatic carbocycles. The summed E-state index contributed by atoms with van der Waals surface area (Å²) in [7, 11) is 0. The average molecular weight is 480 g/mol. The third-order valence-corrected chi connectivity index (χ3v) is 8.39. The highest BCUT2D eigenvalue weighted by Crippen LogP contribution is 2.62. The first-order chi connectivity index (χ1) is 17.4. The minimum absolute atomic E-state index is 0.143.